The van der Waals surface area contributed by atoms with E-state index in [9.17, 15) is 4.79 Å². The van der Waals surface area contributed by atoms with Crippen LogP contribution in [0.15, 0.2) is 53.7 Å². The monoisotopic (exact) mass is 373 g/mol. The number of ether oxygens (including phenoxy) is 1. The summed E-state index contributed by atoms with van der Waals surface area (Å²) in [6.45, 7) is 4.00. The minimum absolute atomic E-state index is 0.250. The molecule has 1 fully saturated rings. The molecule has 0 atom stereocenters. The lowest BCUT2D eigenvalue weighted by Gasteiger charge is -2.10. The molecule has 7 nitrogen and oxygen atoms in total. The minimum Gasteiger partial charge on any atom is -0.490 e. The molecule has 0 amide bonds. The van der Waals surface area contributed by atoms with Gasteiger partial charge in [0, 0.05) is 23.7 Å². The molecule has 3 heterocycles. The second kappa shape index (κ2) is 6.30. The van der Waals surface area contributed by atoms with Gasteiger partial charge in [0.1, 0.15) is 5.75 Å². The zero-order valence-electron chi connectivity index (χ0n) is 15.7. The van der Waals surface area contributed by atoms with Crippen molar-refractivity contribution < 1.29 is 4.74 Å². The molecule has 28 heavy (non-hydrogen) atoms. The smallest absolute Gasteiger partial charge is 0.356 e. The van der Waals surface area contributed by atoms with Crippen molar-refractivity contribution in [1.82, 2.24) is 24.1 Å². The van der Waals surface area contributed by atoms with Crippen molar-refractivity contribution in [1.29, 1.82) is 0 Å². The van der Waals surface area contributed by atoms with Gasteiger partial charge in [-0.1, -0.05) is 6.07 Å². The third-order valence-electron chi connectivity index (χ3n) is 5.02. The molecule has 0 unspecified atom stereocenters. The van der Waals surface area contributed by atoms with Gasteiger partial charge in [-0.05, 0) is 62.1 Å². The second-order valence-corrected chi connectivity index (χ2v) is 7.09. The molecule has 0 spiro atoms. The molecule has 5 rings (SSSR count). The Labute approximate surface area is 161 Å². The number of benzene rings is 1. The van der Waals surface area contributed by atoms with E-state index < -0.39 is 0 Å². The van der Waals surface area contributed by atoms with Crippen LogP contribution in [0.5, 0.6) is 5.75 Å². The van der Waals surface area contributed by atoms with E-state index in [1.165, 1.54) is 4.68 Å². The Balaban J connectivity index is 1.67. The first-order valence-electron chi connectivity index (χ1n) is 9.27. The fraction of sp³-hybridized carbons (Fsp3) is 0.238. The summed E-state index contributed by atoms with van der Waals surface area (Å²) < 4.78 is 8.81. The van der Waals surface area contributed by atoms with E-state index in [-0.39, 0.29) is 11.6 Å². The average molecular weight is 373 g/mol. The van der Waals surface area contributed by atoms with Gasteiger partial charge >= 0.3 is 5.69 Å². The number of nitrogens with zero attached hydrogens (tertiary/aromatic N) is 5. The number of aryl methyl sites for hydroxylation is 2. The summed E-state index contributed by atoms with van der Waals surface area (Å²) in [5.41, 5.74) is 4.46. The first-order chi connectivity index (χ1) is 13.6. The molecule has 140 valence electrons. The van der Waals surface area contributed by atoms with Crippen molar-refractivity contribution in [3.05, 3.63) is 70.7 Å². The van der Waals surface area contributed by atoms with Gasteiger partial charge in [-0.25, -0.2) is 14.8 Å². The molecule has 0 bridgehead atoms. The van der Waals surface area contributed by atoms with Crippen molar-refractivity contribution in [3.8, 4) is 22.8 Å². The molecule has 7 heteroatoms. The lowest BCUT2D eigenvalue weighted by Crippen LogP contribution is -2.29. The van der Waals surface area contributed by atoms with Crippen LogP contribution in [-0.4, -0.2) is 30.3 Å². The first kappa shape index (κ1) is 16.7. The first-order valence-corrected chi connectivity index (χ1v) is 9.27. The van der Waals surface area contributed by atoms with E-state index in [1.54, 1.807) is 29.1 Å². The van der Waals surface area contributed by atoms with E-state index in [0.29, 0.717) is 6.10 Å². The Hall–Kier alpha value is -3.48. The van der Waals surface area contributed by atoms with Crippen LogP contribution in [-0.2, 0) is 0 Å². The Morgan fingerprint density at radius 1 is 1.07 bits per heavy atom. The van der Waals surface area contributed by atoms with Crippen molar-refractivity contribution in [2.75, 3.05) is 0 Å². The van der Waals surface area contributed by atoms with Crippen molar-refractivity contribution in [2.24, 2.45) is 0 Å². The summed E-state index contributed by atoms with van der Waals surface area (Å²) in [7, 11) is 0. The van der Waals surface area contributed by atoms with Crippen molar-refractivity contribution >= 4 is 5.52 Å². The largest absolute Gasteiger partial charge is 0.490 e. The fourth-order valence-corrected chi connectivity index (χ4v) is 3.39. The zero-order valence-corrected chi connectivity index (χ0v) is 15.7. The SMILES string of the molecule is Cc1ccc(OC2CC2)cc1-c1cc2cnn(-c3ncccn3)c(=O)n2c1C. The van der Waals surface area contributed by atoms with Crippen LogP contribution in [0.4, 0.5) is 0 Å². The van der Waals surface area contributed by atoms with Crippen LogP contribution in [0.3, 0.4) is 0 Å². The third-order valence-corrected chi connectivity index (χ3v) is 5.02. The molecule has 4 aromatic rings. The highest BCUT2D eigenvalue weighted by atomic mass is 16.5. The van der Waals surface area contributed by atoms with E-state index in [0.717, 1.165) is 46.5 Å². The highest BCUT2D eigenvalue weighted by Gasteiger charge is 2.24. The Morgan fingerprint density at radius 2 is 1.86 bits per heavy atom. The summed E-state index contributed by atoms with van der Waals surface area (Å²) in [6, 6.07) is 9.81. The highest BCUT2D eigenvalue weighted by Crippen LogP contribution is 2.34. The molecule has 1 aliphatic carbocycles. The van der Waals surface area contributed by atoms with Gasteiger partial charge in [-0.2, -0.15) is 5.10 Å². The maximum Gasteiger partial charge on any atom is 0.356 e. The molecular weight excluding hydrogens is 354 g/mol. The summed E-state index contributed by atoms with van der Waals surface area (Å²) >= 11 is 0. The maximum atomic E-state index is 13.1. The van der Waals surface area contributed by atoms with E-state index >= 15 is 0 Å². The van der Waals surface area contributed by atoms with Crippen molar-refractivity contribution in [3.63, 3.8) is 0 Å². The Kier molecular flexibility index (Phi) is 3.75. The van der Waals surface area contributed by atoms with Gasteiger partial charge in [0.15, 0.2) is 0 Å². The lowest BCUT2D eigenvalue weighted by atomic mass is 10.0. The molecular formula is C21H19N5O2. The van der Waals surface area contributed by atoms with Crippen LogP contribution < -0.4 is 10.4 Å². The van der Waals surface area contributed by atoms with Crippen molar-refractivity contribution in [2.45, 2.75) is 32.8 Å². The van der Waals surface area contributed by atoms with Crippen LogP contribution in [0, 0.1) is 13.8 Å². The lowest BCUT2D eigenvalue weighted by molar-refractivity contribution is 0.303. The third kappa shape index (κ3) is 2.76. The highest BCUT2D eigenvalue weighted by molar-refractivity contribution is 5.76. The van der Waals surface area contributed by atoms with Gasteiger partial charge < -0.3 is 4.74 Å². The predicted molar refractivity (Wildman–Crippen MR) is 105 cm³/mol. The summed E-state index contributed by atoms with van der Waals surface area (Å²) in [6.07, 6.45) is 7.41. The van der Waals surface area contributed by atoms with Gasteiger partial charge in [0.05, 0.1) is 17.8 Å². The van der Waals surface area contributed by atoms with Crippen LogP contribution in [0.25, 0.3) is 22.6 Å². The molecule has 0 saturated heterocycles. The standard InChI is InChI=1S/C21H19N5O2/c1-13-4-5-17(28-16-6-7-16)11-18(13)19-10-15-12-24-26(20-22-8-3-9-23-20)21(27)25(15)14(19)2/h3-5,8-12,16H,6-7H2,1-2H3. The van der Waals surface area contributed by atoms with Gasteiger partial charge in [0.2, 0.25) is 0 Å². The quantitative estimate of drug-likeness (QED) is 0.549. The predicted octanol–water partition coefficient (Wildman–Crippen LogP) is 3.10. The number of fused-ring (bicyclic) bond motifs is 1. The number of hydrogen-bond donors (Lipinski definition) is 0. The fourth-order valence-electron chi connectivity index (χ4n) is 3.39. The molecule has 0 N–H and O–H groups in total. The summed E-state index contributed by atoms with van der Waals surface area (Å²) in [4.78, 5) is 21.3. The molecule has 1 aliphatic rings. The maximum absolute atomic E-state index is 13.1. The normalized spacial score (nSPS) is 13.8. The van der Waals surface area contributed by atoms with Crippen LogP contribution >= 0.6 is 0 Å². The van der Waals surface area contributed by atoms with E-state index in [2.05, 4.69) is 34.1 Å². The average Bonchev–Trinajstić information content (AvgIpc) is 3.46. The molecule has 0 radical (unpaired) electrons. The van der Waals surface area contributed by atoms with E-state index in [1.807, 2.05) is 19.1 Å². The van der Waals surface area contributed by atoms with Crippen LogP contribution in [0.1, 0.15) is 24.1 Å². The van der Waals surface area contributed by atoms with Gasteiger partial charge in [0.25, 0.3) is 5.95 Å². The Bertz CT molecular complexity index is 1240. The molecule has 3 aromatic heterocycles. The topological polar surface area (TPSA) is 74.3 Å². The zero-order chi connectivity index (χ0) is 19.3. The second-order valence-electron chi connectivity index (χ2n) is 7.09. The molecule has 1 saturated carbocycles. The molecule has 0 aliphatic heterocycles. The number of rotatable bonds is 4. The minimum atomic E-state index is -0.296. The van der Waals surface area contributed by atoms with Gasteiger partial charge in [-0.15, -0.1) is 4.68 Å². The van der Waals surface area contributed by atoms with Crippen LogP contribution in [0.2, 0.25) is 0 Å². The van der Waals surface area contributed by atoms with E-state index in [4.69, 9.17) is 4.74 Å². The number of hydrogen-bond acceptors (Lipinski definition) is 5. The van der Waals surface area contributed by atoms with Gasteiger partial charge in [-0.3, -0.25) is 4.40 Å². The molecule has 1 aromatic carbocycles. The summed E-state index contributed by atoms with van der Waals surface area (Å²) in [5.74, 6) is 1.12. The number of aromatic nitrogens is 5. The Morgan fingerprint density at radius 3 is 2.61 bits per heavy atom. The summed E-state index contributed by atoms with van der Waals surface area (Å²) in [5, 5.41) is 4.25.